The summed E-state index contributed by atoms with van der Waals surface area (Å²) in [5.41, 5.74) is 5.04. The number of halogens is 3. The van der Waals surface area contributed by atoms with Crippen LogP contribution >= 0.6 is 34.8 Å². The second-order valence-electron chi connectivity index (χ2n) is 13.9. The summed E-state index contributed by atoms with van der Waals surface area (Å²) in [6.45, 7) is 2.03. The van der Waals surface area contributed by atoms with E-state index in [0.29, 0.717) is 33.3 Å². The Kier molecular flexibility index (Phi) is 8.79. The first-order chi connectivity index (χ1) is 25.5. The molecule has 2 saturated heterocycles. The number of hydrogen-bond donors (Lipinski definition) is 2. The zero-order valence-corrected chi connectivity index (χ0v) is 31.0. The van der Waals surface area contributed by atoms with E-state index >= 15 is 4.79 Å². The fraction of sp³-hybridized carbons (Fsp3) is 0.268. The van der Waals surface area contributed by atoms with Crippen LogP contribution in [0.4, 0.5) is 11.4 Å². The fourth-order valence-corrected chi connectivity index (χ4v) is 9.81. The van der Waals surface area contributed by atoms with E-state index in [9.17, 15) is 19.5 Å². The number of hydrazine groups is 1. The Hall–Kier alpha value is -4.83. The third-order valence-electron chi connectivity index (χ3n) is 11.5. The van der Waals surface area contributed by atoms with Crippen LogP contribution in [0.2, 0.25) is 15.1 Å². The molecule has 2 aliphatic carbocycles. The number of aryl methyl sites for hydroxylation is 1. The summed E-state index contributed by atoms with van der Waals surface area (Å²) in [5, 5.41) is 12.2. The SMILES string of the molecule is CCc1ccc(N2C(=O)[C@H]3[C@H](CC=C4[C@H]3C[C@H]3C(=O)N(Nc5ccc(Cl)cc5Cl)C(=O)[C@@]3(c3ccc(OC)cc3)[C@H]4c3ccc(O)cc3Cl)C2=O)cc1. The fourth-order valence-electron chi connectivity index (χ4n) is 9.07. The van der Waals surface area contributed by atoms with Gasteiger partial charge in [-0.3, -0.25) is 29.5 Å². The molecule has 1 saturated carbocycles. The summed E-state index contributed by atoms with van der Waals surface area (Å²) in [4.78, 5) is 60.2. The Morgan fingerprint density at radius 3 is 2.25 bits per heavy atom. The molecule has 4 aliphatic rings. The topological polar surface area (TPSA) is 116 Å². The number of methoxy groups -OCH3 is 1. The third-order valence-corrected chi connectivity index (χ3v) is 12.4. The van der Waals surface area contributed by atoms with Crippen molar-refractivity contribution in [1.29, 1.82) is 0 Å². The first-order valence-electron chi connectivity index (χ1n) is 17.4. The molecule has 2 heterocycles. The predicted octanol–water partition coefficient (Wildman–Crippen LogP) is 8.11. The van der Waals surface area contributed by atoms with Gasteiger partial charge in [-0.15, -0.1) is 0 Å². The van der Waals surface area contributed by atoms with Crippen molar-refractivity contribution >= 4 is 69.8 Å². The number of benzene rings is 4. The number of phenolic OH excluding ortho intramolecular Hbond substituents is 1. The Labute approximate surface area is 321 Å². The van der Waals surface area contributed by atoms with E-state index in [4.69, 9.17) is 39.5 Å². The van der Waals surface area contributed by atoms with Crippen LogP contribution < -0.4 is 15.1 Å². The largest absolute Gasteiger partial charge is 0.508 e. The molecule has 8 rings (SSSR count). The lowest BCUT2D eigenvalue weighted by Gasteiger charge is -2.50. The van der Waals surface area contributed by atoms with Crippen molar-refractivity contribution in [3.05, 3.63) is 128 Å². The molecule has 6 atom stereocenters. The zero-order chi connectivity index (χ0) is 37.3. The van der Waals surface area contributed by atoms with Crippen LogP contribution in [0.3, 0.4) is 0 Å². The van der Waals surface area contributed by atoms with Crippen molar-refractivity contribution in [3.63, 3.8) is 0 Å². The maximum Gasteiger partial charge on any atom is 0.260 e. The molecule has 0 spiro atoms. The van der Waals surface area contributed by atoms with Gasteiger partial charge in [0.15, 0.2) is 0 Å². The van der Waals surface area contributed by atoms with E-state index in [2.05, 4.69) is 5.43 Å². The van der Waals surface area contributed by atoms with E-state index in [0.717, 1.165) is 22.6 Å². The summed E-state index contributed by atoms with van der Waals surface area (Å²) in [6.07, 6.45) is 3.12. The number of aromatic hydroxyl groups is 1. The molecule has 0 aromatic heterocycles. The van der Waals surface area contributed by atoms with Crippen LogP contribution in [0.5, 0.6) is 11.5 Å². The van der Waals surface area contributed by atoms with Crippen LogP contribution in [-0.2, 0) is 31.0 Å². The van der Waals surface area contributed by atoms with Gasteiger partial charge in [-0.1, -0.05) is 83.7 Å². The van der Waals surface area contributed by atoms with E-state index in [1.807, 2.05) is 25.1 Å². The molecule has 3 fully saturated rings. The Morgan fingerprint density at radius 1 is 0.849 bits per heavy atom. The van der Waals surface area contributed by atoms with Gasteiger partial charge in [-0.05, 0) is 96.5 Å². The van der Waals surface area contributed by atoms with Gasteiger partial charge in [-0.2, -0.15) is 5.01 Å². The van der Waals surface area contributed by atoms with Crippen LogP contribution in [0.1, 0.15) is 42.4 Å². The number of rotatable bonds is 7. The van der Waals surface area contributed by atoms with E-state index < -0.39 is 46.8 Å². The Morgan fingerprint density at radius 2 is 1.58 bits per heavy atom. The van der Waals surface area contributed by atoms with Crippen LogP contribution in [-0.4, -0.2) is 40.9 Å². The molecule has 12 heteroatoms. The second-order valence-corrected chi connectivity index (χ2v) is 15.2. The summed E-state index contributed by atoms with van der Waals surface area (Å²) in [5.74, 6) is -5.15. The number of carbonyl (C=O) groups excluding carboxylic acids is 4. The average Bonchev–Trinajstić information content (AvgIpc) is 3.53. The Bertz CT molecular complexity index is 2220. The highest BCUT2D eigenvalue weighted by Crippen LogP contribution is 2.65. The summed E-state index contributed by atoms with van der Waals surface area (Å²) < 4.78 is 5.46. The molecule has 53 heavy (non-hydrogen) atoms. The number of nitrogens with zero attached hydrogens (tertiary/aromatic N) is 2. The molecule has 9 nitrogen and oxygen atoms in total. The lowest BCUT2D eigenvalue weighted by Crippen LogP contribution is -2.53. The molecule has 2 N–H and O–H groups in total. The molecule has 0 radical (unpaired) electrons. The summed E-state index contributed by atoms with van der Waals surface area (Å²) >= 11 is 19.7. The van der Waals surface area contributed by atoms with Gasteiger partial charge in [0.05, 0.1) is 46.7 Å². The third kappa shape index (κ3) is 5.35. The van der Waals surface area contributed by atoms with Crippen molar-refractivity contribution in [1.82, 2.24) is 5.01 Å². The van der Waals surface area contributed by atoms with Crippen molar-refractivity contribution in [2.75, 3.05) is 17.4 Å². The molecule has 0 bridgehead atoms. The standard InChI is InChI=1S/C41H34Cl3N3O6/c1-3-21-4-9-24(10-5-21)46-37(49)29-16-15-27-30(35(29)39(46)51)20-31-38(50)47(45-34-17-8-23(42)18-33(34)44)40(52)41(31,22-6-12-26(53-2)13-7-22)36(27)28-14-11-25(48)19-32(28)43/h4-15,17-19,29-31,35-36,45,48H,3,16,20H2,1-2H3/t29-,30+,31-,35-,36+,41+/m0/s1. The predicted molar refractivity (Wildman–Crippen MR) is 202 cm³/mol. The smallest absolute Gasteiger partial charge is 0.260 e. The maximum absolute atomic E-state index is 15.4. The number of phenols is 1. The van der Waals surface area contributed by atoms with Gasteiger partial charge < -0.3 is 9.84 Å². The molecule has 270 valence electrons. The number of nitrogens with one attached hydrogen (secondary N) is 1. The van der Waals surface area contributed by atoms with Gasteiger partial charge in [0.25, 0.3) is 11.8 Å². The maximum atomic E-state index is 15.4. The van der Waals surface area contributed by atoms with Crippen LogP contribution in [0.15, 0.2) is 96.6 Å². The number of ether oxygens (including phenoxy) is 1. The van der Waals surface area contributed by atoms with Gasteiger partial charge >= 0.3 is 0 Å². The molecule has 2 aliphatic heterocycles. The van der Waals surface area contributed by atoms with E-state index in [1.165, 1.54) is 30.2 Å². The second kappa shape index (κ2) is 13.2. The average molecular weight is 771 g/mol. The number of allylic oxidation sites excluding steroid dienone is 2. The highest BCUT2D eigenvalue weighted by molar-refractivity contribution is 6.36. The van der Waals surface area contributed by atoms with Crippen molar-refractivity contribution in [2.45, 2.75) is 37.5 Å². The van der Waals surface area contributed by atoms with Crippen LogP contribution in [0, 0.1) is 23.7 Å². The minimum Gasteiger partial charge on any atom is -0.508 e. The highest BCUT2D eigenvalue weighted by atomic mass is 35.5. The number of hydrogen-bond acceptors (Lipinski definition) is 7. The number of fused-ring (bicyclic) bond motifs is 4. The quantitative estimate of drug-likeness (QED) is 0.144. The molecular formula is C41H34Cl3N3O6. The van der Waals surface area contributed by atoms with E-state index in [1.54, 1.807) is 54.6 Å². The van der Waals surface area contributed by atoms with Gasteiger partial charge in [0.2, 0.25) is 11.8 Å². The van der Waals surface area contributed by atoms with Crippen molar-refractivity contribution in [3.8, 4) is 11.5 Å². The van der Waals surface area contributed by atoms with Crippen molar-refractivity contribution in [2.24, 2.45) is 23.7 Å². The number of carbonyl (C=O) groups is 4. The first-order valence-corrected chi connectivity index (χ1v) is 18.5. The number of imide groups is 2. The van der Waals surface area contributed by atoms with E-state index in [-0.39, 0.29) is 40.5 Å². The van der Waals surface area contributed by atoms with Gasteiger partial charge in [0, 0.05) is 16.0 Å². The zero-order valence-electron chi connectivity index (χ0n) is 28.7. The molecule has 4 aromatic rings. The molecule has 4 aromatic carbocycles. The van der Waals surface area contributed by atoms with Gasteiger partial charge in [-0.25, -0.2) is 0 Å². The lowest BCUT2D eigenvalue weighted by molar-refractivity contribution is -0.138. The normalized spacial score (nSPS) is 26.3. The van der Waals surface area contributed by atoms with Crippen molar-refractivity contribution < 1.29 is 29.0 Å². The summed E-state index contributed by atoms with van der Waals surface area (Å²) in [6, 6.07) is 23.6. The lowest BCUT2D eigenvalue weighted by atomic mass is 9.49. The minimum absolute atomic E-state index is 0.0744. The summed E-state index contributed by atoms with van der Waals surface area (Å²) in [7, 11) is 1.54. The molecular weight excluding hydrogens is 737 g/mol. The molecule has 0 unspecified atom stereocenters. The molecule has 4 amide bonds. The monoisotopic (exact) mass is 769 g/mol. The Balaban J connectivity index is 1.32. The van der Waals surface area contributed by atoms with Crippen LogP contribution in [0.25, 0.3) is 0 Å². The number of anilines is 2. The first kappa shape index (κ1) is 35.2. The minimum atomic E-state index is -1.58. The number of amides is 4. The highest BCUT2D eigenvalue weighted by Gasteiger charge is 2.70. The van der Waals surface area contributed by atoms with Gasteiger partial charge in [0.1, 0.15) is 11.5 Å².